The summed E-state index contributed by atoms with van der Waals surface area (Å²) in [7, 11) is 0. The number of rotatable bonds is 1. The van der Waals surface area contributed by atoms with Gasteiger partial charge in [0.25, 0.3) is 0 Å². The van der Waals surface area contributed by atoms with Gasteiger partial charge >= 0.3 is 12.1 Å². The van der Waals surface area contributed by atoms with Gasteiger partial charge < -0.3 is 10.6 Å². The number of halogens is 2. The Morgan fingerprint density at radius 2 is 1.78 bits per heavy atom. The molecule has 2 aliphatic heterocycles. The smallest absolute Gasteiger partial charge is 0.312 e. The molecule has 8 heteroatoms. The average Bonchev–Trinajstić information content (AvgIpc) is 2.78. The second-order valence-corrected chi connectivity index (χ2v) is 6.51. The predicted molar refractivity (Wildman–Crippen MR) is 71.7 cm³/mol. The zero-order chi connectivity index (χ0) is 12.9. The minimum absolute atomic E-state index is 0.213. The van der Waals surface area contributed by atoms with Gasteiger partial charge in [0.2, 0.25) is 0 Å². The van der Waals surface area contributed by atoms with Crippen molar-refractivity contribution >= 4 is 44.4 Å². The summed E-state index contributed by atoms with van der Waals surface area (Å²) < 4.78 is 2.86. The Kier molecular flexibility index (Phi) is 2.97. The van der Waals surface area contributed by atoms with Crippen LogP contribution in [0.3, 0.4) is 0 Å². The van der Waals surface area contributed by atoms with Gasteiger partial charge in [-0.1, -0.05) is 19.3 Å². The van der Waals surface area contributed by atoms with Crippen LogP contribution in [-0.4, -0.2) is 31.7 Å². The van der Waals surface area contributed by atoms with Crippen LogP contribution >= 0.6 is 32.3 Å². The van der Waals surface area contributed by atoms with E-state index in [2.05, 4.69) is 42.9 Å². The highest BCUT2D eigenvalue weighted by Crippen LogP contribution is 2.45. The van der Waals surface area contributed by atoms with E-state index in [4.69, 9.17) is 0 Å². The molecule has 3 aliphatic rings. The molecule has 6 nitrogen and oxygen atoms in total. The first-order valence-electron chi connectivity index (χ1n) is 6.11. The molecule has 1 saturated carbocycles. The molecule has 2 unspecified atom stereocenters. The van der Waals surface area contributed by atoms with E-state index in [9.17, 15) is 9.59 Å². The summed E-state index contributed by atoms with van der Waals surface area (Å²) in [5.41, 5.74) is -0.682. The summed E-state index contributed by atoms with van der Waals surface area (Å²) in [5.74, 6) is 0.265. The van der Waals surface area contributed by atoms with E-state index in [1.54, 1.807) is 0 Å². The lowest BCUT2D eigenvalue weighted by Gasteiger charge is -2.40. The minimum Gasteiger partial charge on any atom is -0.312 e. The molecule has 100 valence electrons. The molecule has 0 aromatic heterocycles. The molecule has 2 N–H and O–H groups in total. The molecule has 0 radical (unpaired) electrons. The lowest BCUT2D eigenvalue weighted by Crippen LogP contribution is -2.60. The summed E-state index contributed by atoms with van der Waals surface area (Å²) in [4.78, 5) is 23.7. The Bertz CT molecular complexity index is 399. The standard InChI is InChI=1S/C10H14Br2N4O2/c11-15-7-10(14-9(15)18,16(12)8(17)13-7)6-4-2-1-3-5-6/h6-7H,1-5H2,(H,13,17)(H,14,18). The molecule has 3 rings (SSSR count). The third-order valence-corrected chi connectivity index (χ3v) is 5.78. The zero-order valence-corrected chi connectivity index (χ0v) is 12.8. The van der Waals surface area contributed by atoms with Crippen LogP contribution in [-0.2, 0) is 0 Å². The van der Waals surface area contributed by atoms with E-state index in [1.807, 2.05) is 0 Å². The van der Waals surface area contributed by atoms with Crippen molar-refractivity contribution in [2.75, 3.05) is 0 Å². The first-order chi connectivity index (χ1) is 8.57. The predicted octanol–water partition coefficient (Wildman–Crippen LogP) is 2.26. The number of amides is 4. The van der Waals surface area contributed by atoms with Crippen molar-refractivity contribution in [3.05, 3.63) is 0 Å². The number of hydrogen-bond acceptors (Lipinski definition) is 2. The molecule has 0 aromatic rings. The molecular weight excluding hydrogens is 368 g/mol. The Labute approximate surface area is 122 Å². The van der Waals surface area contributed by atoms with Crippen LogP contribution in [0.25, 0.3) is 0 Å². The van der Waals surface area contributed by atoms with Crippen LogP contribution in [0.2, 0.25) is 0 Å². The highest BCUT2D eigenvalue weighted by atomic mass is 79.9. The fourth-order valence-electron chi connectivity index (χ4n) is 3.28. The molecule has 3 fully saturated rings. The number of carbonyl (C=O) groups excluding carboxylic acids is 2. The van der Waals surface area contributed by atoms with Crippen molar-refractivity contribution in [2.45, 2.75) is 43.9 Å². The number of urea groups is 2. The van der Waals surface area contributed by atoms with Crippen molar-refractivity contribution < 1.29 is 9.59 Å². The van der Waals surface area contributed by atoms with Gasteiger partial charge in [0.05, 0.1) is 32.3 Å². The van der Waals surface area contributed by atoms with Gasteiger partial charge in [-0.15, -0.1) is 0 Å². The molecular formula is C10H14Br2N4O2. The van der Waals surface area contributed by atoms with Gasteiger partial charge in [-0.3, -0.25) is 0 Å². The molecule has 2 saturated heterocycles. The van der Waals surface area contributed by atoms with E-state index >= 15 is 0 Å². The fourth-order valence-corrected chi connectivity index (χ4v) is 4.45. The quantitative estimate of drug-likeness (QED) is 0.684. The summed E-state index contributed by atoms with van der Waals surface area (Å²) in [6, 6.07) is -0.426. The van der Waals surface area contributed by atoms with Crippen molar-refractivity contribution in [2.24, 2.45) is 5.92 Å². The Morgan fingerprint density at radius 1 is 1.11 bits per heavy atom. The fraction of sp³-hybridized carbons (Fsp3) is 0.800. The number of carbonyl (C=O) groups is 2. The lowest BCUT2D eigenvalue weighted by molar-refractivity contribution is 0.100. The largest absolute Gasteiger partial charge is 0.331 e. The highest BCUT2D eigenvalue weighted by molar-refractivity contribution is 9.08. The van der Waals surface area contributed by atoms with E-state index in [-0.39, 0.29) is 24.1 Å². The van der Waals surface area contributed by atoms with Crippen LogP contribution < -0.4 is 10.6 Å². The van der Waals surface area contributed by atoms with E-state index in [0.717, 1.165) is 25.7 Å². The molecule has 2 atom stereocenters. The molecule has 0 aromatic carbocycles. The second kappa shape index (κ2) is 4.26. The summed E-state index contributed by atoms with van der Waals surface area (Å²) in [6.45, 7) is 0. The number of nitrogens with one attached hydrogen (secondary N) is 2. The van der Waals surface area contributed by atoms with Gasteiger partial charge in [0.1, 0.15) is 0 Å². The SMILES string of the molecule is O=C1NC2(C3CCCCC3)C(NC(=O)N2Br)N1Br. The van der Waals surface area contributed by atoms with Gasteiger partial charge in [-0.25, -0.2) is 17.4 Å². The van der Waals surface area contributed by atoms with Crippen LogP contribution in [0.4, 0.5) is 9.59 Å². The van der Waals surface area contributed by atoms with Gasteiger partial charge in [-0.05, 0) is 12.8 Å². The van der Waals surface area contributed by atoms with E-state index in [0.29, 0.717) is 0 Å². The second-order valence-electron chi connectivity index (χ2n) is 5.03. The Balaban J connectivity index is 1.98. The molecule has 4 amide bonds. The number of nitrogens with zero attached hydrogens (tertiary/aromatic N) is 2. The molecule has 0 bridgehead atoms. The molecule has 1 aliphatic carbocycles. The van der Waals surface area contributed by atoms with Crippen LogP contribution in [0.1, 0.15) is 32.1 Å². The third kappa shape index (κ3) is 1.51. The van der Waals surface area contributed by atoms with Crippen molar-refractivity contribution in [3.63, 3.8) is 0 Å². The average molecular weight is 382 g/mol. The van der Waals surface area contributed by atoms with Crippen LogP contribution in [0.15, 0.2) is 0 Å². The van der Waals surface area contributed by atoms with Crippen LogP contribution in [0.5, 0.6) is 0 Å². The monoisotopic (exact) mass is 380 g/mol. The molecule has 0 spiro atoms. The molecule has 2 heterocycles. The first kappa shape index (κ1) is 12.5. The summed E-state index contributed by atoms with van der Waals surface area (Å²) in [6.07, 6.45) is 5.19. The van der Waals surface area contributed by atoms with Gasteiger partial charge in [-0.2, -0.15) is 0 Å². The number of fused-ring (bicyclic) bond motifs is 1. The van der Waals surface area contributed by atoms with E-state index in [1.165, 1.54) is 14.3 Å². The van der Waals surface area contributed by atoms with Crippen LogP contribution in [0, 0.1) is 5.92 Å². The first-order valence-corrected chi connectivity index (χ1v) is 7.53. The van der Waals surface area contributed by atoms with E-state index < -0.39 is 5.66 Å². The summed E-state index contributed by atoms with van der Waals surface area (Å²) >= 11 is 6.54. The topological polar surface area (TPSA) is 64.7 Å². The van der Waals surface area contributed by atoms with Gasteiger partial charge in [0, 0.05) is 5.92 Å². The maximum atomic E-state index is 11.9. The molecule has 18 heavy (non-hydrogen) atoms. The van der Waals surface area contributed by atoms with Crippen molar-refractivity contribution in [1.29, 1.82) is 0 Å². The Morgan fingerprint density at radius 3 is 2.44 bits per heavy atom. The minimum atomic E-state index is -0.682. The van der Waals surface area contributed by atoms with Crippen molar-refractivity contribution in [3.8, 4) is 0 Å². The maximum Gasteiger partial charge on any atom is 0.331 e. The normalized spacial score (nSPS) is 36.7. The maximum absolute atomic E-state index is 11.9. The summed E-state index contributed by atoms with van der Waals surface area (Å²) in [5, 5.41) is 5.78. The zero-order valence-electron chi connectivity index (χ0n) is 9.66. The Hall–Kier alpha value is -0.500. The lowest BCUT2D eigenvalue weighted by atomic mass is 9.79. The van der Waals surface area contributed by atoms with Crippen molar-refractivity contribution in [1.82, 2.24) is 18.5 Å². The highest BCUT2D eigenvalue weighted by Gasteiger charge is 2.64. The third-order valence-electron chi connectivity index (χ3n) is 4.14. The van der Waals surface area contributed by atoms with Gasteiger partial charge in [0.15, 0.2) is 11.8 Å². The number of hydrogen-bond donors (Lipinski definition) is 2.